The summed E-state index contributed by atoms with van der Waals surface area (Å²) < 4.78 is 0.849. The molecule has 6 heteroatoms. The van der Waals surface area contributed by atoms with Gasteiger partial charge in [0.1, 0.15) is 0 Å². The third kappa shape index (κ3) is 4.44. The van der Waals surface area contributed by atoms with Crippen molar-refractivity contribution in [3.63, 3.8) is 0 Å². The second-order valence-corrected chi connectivity index (χ2v) is 5.02. The molecule has 0 aliphatic heterocycles. The lowest BCUT2D eigenvalue weighted by atomic mass is 10.3. The molecule has 1 aromatic heterocycles. The van der Waals surface area contributed by atoms with Crippen molar-refractivity contribution in [2.45, 2.75) is 24.1 Å². The number of anilines is 1. The summed E-state index contributed by atoms with van der Waals surface area (Å²) in [6.45, 7) is 5.58. The van der Waals surface area contributed by atoms with Gasteiger partial charge in [0.2, 0.25) is 11.0 Å². The van der Waals surface area contributed by atoms with E-state index in [1.165, 1.54) is 11.3 Å². The summed E-state index contributed by atoms with van der Waals surface area (Å²) in [5.41, 5.74) is 0. The van der Waals surface area contributed by atoms with Crippen molar-refractivity contribution >= 4 is 34.1 Å². The minimum Gasteiger partial charge on any atom is -0.301 e. The molecule has 0 aliphatic rings. The lowest BCUT2D eigenvalue weighted by Crippen LogP contribution is -2.10. The zero-order chi connectivity index (χ0) is 11.1. The molecule has 0 bridgehead atoms. The van der Waals surface area contributed by atoms with Crippen LogP contribution in [0.4, 0.5) is 5.13 Å². The first-order chi connectivity index (χ1) is 7.26. The number of hydrogen-bond donors (Lipinski definition) is 1. The van der Waals surface area contributed by atoms with E-state index in [0.717, 1.165) is 16.5 Å². The van der Waals surface area contributed by atoms with Crippen molar-refractivity contribution in [3.8, 4) is 0 Å². The summed E-state index contributed by atoms with van der Waals surface area (Å²) in [6, 6.07) is 0. The van der Waals surface area contributed by atoms with E-state index in [2.05, 4.69) is 22.1 Å². The van der Waals surface area contributed by atoms with E-state index in [9.17, 15) is 4.79 Å². The van der Waals surface area contributed by atoms with Gasteiger partial charge in [-0.3, -0.25) is 4.79 Å². The van der Waals surface area contributed by atoms with Crippen LogP contribution in [0.3, 0.4) is 0 Å². The fraction of sp³-hybridized carbons (Fsp3) is 0.444. The van der Waals surface area contributed by atoms with Crippen LogP contribution >= 0.6 is 23.1 Å². The molecule has 0 unspecified atom stereocenters. The predicted octanol–water partition coefficient (Wildman–Crippen LogP) is 2.55. The molecule has 0 aromatic carbocycles. The second kappa shape index (κ2) is 6.58. The van der Waals surface area contributed by atoms with Crippen LogP contribution in [-0.4, -0.2) is 21.9 Å². The van der Waals surface area contributed by atoms with Crippen LogP contribution in [0.1, 0.15) is 19.8 Å². The fourth-order valence-corrected chi connectivity index (χ4v) is 2.39. The quantitative estimate of drug-likeness (QED) is 0.474. The maximum absolute atomic E-state index is 11.2. The van der Waals surface area contributed by atoms with E-state index in [4.69, 9.17) is 0 Å². The monoisotopic (exact) mass is 243 g/mol. The smallest absolute Gasteiger partial charge is 0.226 e. The molecule has 0 radical (unpaired) electrons. The Labute approximate surface area is 97.2 Å². The van der Waals surface area contributed by atoms with Crippen molar-refractivity contribution in [2.24, 2.45) is 0 Å². The predicted molar refractivity (Wildman–Crippen MR) is 64.4 cm³/mol. The second-order valence-electron chi connectivity index (χ2n) is 2.77. The molecule has 0 saturated carbocycles. The highest BCUT2D eigenvalue weighted by molar-refractivity contribution is 8.01. The lowest BCUT2D eigenvalue weighted by molar-refractivity contribution is -0.116. The molecule has 0 atom stereocenters. The molecule has 1 amide bonds. The van der Waals surface area contributed by atoms with Gasteiger partial charge in [-0.15, -0.1) is 16.8 Å². The van der Waals surface area contributed by atoms with Gasteiger partial charge in [-0.05, 0) is 6.42 Å². The minimum atomic E-state index is -0.00563. The van der Waals surface area contributed by atoms with Crippen LogP contribution < -0.4 is 5.32 Å². The van der Waals surface area contributed by atoms with E-state index in [-0.39, 0.29) is 5.91 Å². The van der Waals surface area contributed by atoms with Gasteiger partial charge in [-0.2, -0.15) is 0 Å². The Kier molecular flexibility index (Phi) is 5.34. The molecular formula is C9H13N3OS2. The largest absolute Gasteiger partial charge is 0.301 e. The maximum Gasteiger partial charge on any atom is 0.226 e. The Balaban J connectivity index is 2.45. The van der Waals surface area contributed by atoms with Crippen LogP contribution in [0, 0.1) is 0 Å². The van der Waals surface area contributed by atoms with E-state index >= 15 is 0 Å². The van der Waals surface area contributed by atoms with E-state index in [1.54, 1.807) is 17.8 Å². The van der Waals surface area contributed by atoms with Crippen molar-refractivity contribution in [1.29, 1.82) is 0 Å². The van der Waals surface area contributed by atoms with E-state index in [0.29, 0.717) is 11.6 Å². The Morgan fingerprint density at radius 2 is 2.47 bits per heavy atom. The highest BCUT2D eigenvalue weighted by atomic mass is 32.2. The molecule has 1 N–H and O–H groups in total. The third-order valence-corrected chi connectivity index (χ3v) is 3.42. The van der Waals surface area contributed by atoms with Gasteiger partial charge in [-0.1, -0.05) is 36.1 Å². The maximum atomic E-state index is 11.2. The highest BCUT2D eigenvalue weighted by Gasteiger charge is 2.06. The Morgan fingerprint density at radius 1 is 1.67 bits per heavy atom. The molecule has 0 spiro atoms. The van der Waals surface area contributed by atoms with Crippen molar-refractivity contribution < 1.29 is 4.79 Å². The summed E-state index contributed by atoms with van der Waals surface area (Å²) in [4.78, 5) is 11.2. The first kappa shape index (κ1) is 12.2. The number of rotatable bonds is 6. The average Bonchev–Trinajstić information content (AvgIpc) is 2.63. The standard InChI is InChI=1S/C9H13N3OS2/c1-3-5-7(13)10-8-11-12-9(15-8)14-6-4-2/h4H,2-3,5-6H2,1H3,(H,10,11,13). The summed E-state index contributed by atoms with van der Waals surface area (Å²) in [5, 5.41) is 11.1. The van der Waals surface area contributed by atoms with E-state index < -0.39 is 0 Å². The third-order valence-electron chi connectivity index (χ3n) is 1.45. The summed E-state index contributed by atoms with van der Waals surface area (Å²) in [5.74, 6) is 0.797. The van der Waals surface area contributed by atoms with Gasteiger partial charge < -0.3 is 5.32 Å². The Morgan fingerprint density at radius 3 is 3.13 bits per heavy atom. The van der Waals surface area contributed by atoms with Gasteiger partial charge in [0, 0.05) is 12.2 Å². The molecule has 1 heterocycles. The van der Waals surface area contributed by atoms with Gasteiger partial charge in [0.05, 0.1) is 0 Å². The first-order valence-corrected chi connectivity index (χ1v) is 6.43. The van der Waals surface area contributed by atoms with E-state index in [1.807, 2.05) is 6.92 Å². The van der Waals surface area contributed by atoms with Gasteiger partial charge in [0.15, 0.2) is 4.34 Å². The molecule has 0 aliphatic carbocycles. The zero-order valence-electron chi connectivity index (χ0n) is 8.52. The number of aromatic nitrogens is 2. The van der Waals surface area contributed by atoms with Crippen molar-refractivity contribution in [1.82, 2.24) is 10.2 Å². The SMILES string of the molecule is C=CCSc1nnc(NC(=O)CCC)s1. The number of nitrogens with zero attached hydrogens (tertiary/aromatic N) is 2. The normalized spacial score (nSPS) is 9.93. The van der Waals surface area contributed by atoms with Crippen LogP contribution in [0.15, 0.2) is 17.0 Å². The van der Waals surface area contributed by atoms with Gasteiger partial charge in [-0.25, -0.2) is 0 Å². The minimum absolute atomic E-state index is 0.00563. The molecule has 82 valence electrons. The number of amides is 1. The molecule has 1 rings (SSSR count). The molecule has 0 saturated heterocycles. The Bertz CT molecular complexity index is 338. The number of carbonyl (C=O) groups excluding carboxylic acids is 1. The highest BCUT2D eigenvalue weighted by Crippen LogP contribution is 2.25. The average molecular weight is 243 g/mol. The van der Waals surface area contributed by atoms with Crippen LogP contribution in [-0.2, 0) is 4.79 Å². The zero-order valence-corrected chi connectivity index (χ0v) is 10.2. The first-order valence-electron chi connectivity index (χ1n) is 4.63. The number of nitrogens with one attached hydrogen (secondary N) is 1. The van der Waals surface area contributed by atoms with Crippen LogP contribution in [0.2, 0.25) is 0 Å². The van der Waals surface area contributed by atoms with Crippen molar-refractivity contribution in [3.05, 3.63) is 12.7 Å². The van der Waals surface area contributed by atoms with Crippen molar-refractivity contribution in [2.75, 3.05) is 11.1 Å². The molecule has 0 fully saturated rings. The Hall–Kier alpha value is -0.880. The summed E-state index contributed by atoms with van der Waals surface area (Å²) in [7, 11) is 0. The van der Waals surface area contributed by atoms with Gasteiger partial charge in [0.25, 0.3) is 0 Å². The molecular weight excluding hydrogens is 230 g/mol. The fourth-order valence-electron chi connectivity index (χ4n) is 0.858. The molecule has 4 nitrogen and oxygen atoms in total. The lowest BCUT2D eigenvalue weighted by Gasteiger charge is -1.96. The summed E-state index contributed by atoms with van der Waals surface area (Å²) in [6.07, 6.45) is 3.17. The summed E-state index contributed by atoms with van der Waals surface area (Å²) >= 11 is 2.95. The number of carbonyl (C=O) groups is 1. The van der Waals surface area contributed by atoms with Gasteiger partial charge >= 0.3 is 0 Å². The van der Waals surface area contributed by atoms with Crippen LogP contribution in [0.25, 0.3) is 0 Å². The number of thioether (sulfide) groups is 1. The molecule has 15 heavy (non-hydrogen) atoms. The molecule has 1 aromatic rings. The number of hydrogen-bond acceptors (Lipinski definition) is 5. The van der Waals surface area contributed by atoms with Crippen LogP contribution in [0.5, 0.6) is 0 Å². The topological polar surface area (TPSA) is 54.9 Å².